The van der Waals surface area contributed by atoms with Gasteiger partial charge in [-0.05, 0) is 17.9 Å². The van der Waals surface area contributed by atoms with Crippen LogP contribution in [0.15, 0.2) is 11.5 Å². The molecule has 0 saturated carbocycles. The smallest absolute Gasteiger partial charge is 0.306 e. The van der Waals surface area contributed by atoms with Crippen molar-refractivity contribution in [1.82, 2.24) is 0 Å². The van der Waals surface area contributed by atoms with E-state index in [-0.39, 0.29) is 5.97 Å². The summed E-state index contributed by atoms with van der Waals surface area (Å²) in [6.07, 6.45) is 6.69. The minimum atomic E-state index is -0.109. The van der Waals surface area contributed by atoms with Gasteiger partial charge in [0.25, 0.3) is 0 Å². The number of carbonyl (C=O) groups is 1. The number of ether oxygens (including phenoxy) is 1. The van der Waals surface area contributed by atoms with Crippen molar-refractivity contribution in [2.24, 2.45) is 0 Å². The summed E-state index contributed by atoms with van der Waals surface area (Å²) in [5.74, 6) is -0.109. The van der Waals surface area contributed by atoms with E-state index in [9.17, 15) is 4.79 Å². The van der Waals surface area contributed by atoms with Crippen LogP contribution in [-0.4, -0.2) is 12.6 Å². The van der Waals surface area contributed by atoms with Crippen LogP contribution in [0.25, 0.3) is 0 Å². The largest absolute Gasteiger partial charge is 0.461 e. The van der Waals surface area contributed by atoms with Gasteiger partial charge in [-0.25, -0.2) is 0 Å². The number of esters is 1. The first-order valence-electron chi connectivity index (χ1n) is 4.76. The Morgan fingerprint density at radius 2 is 2.15 bits per heavy atom. The highest BCUT2D eigenvalue weighted by Gasteiger charge is 1.99. The molecule has 0 aromatic carbocycles. The Morgan fingerprint density at radius 3 is 2.77 bits per heavy atom. The quantitative estimate of drug-likeness (QED) is 0.390. The zero-order valence-electron chi connectivity index (χ0n) is 8.16. The molecule has 0 spiro atoms. The SMILES string of the molecule is CCCCCCC(=O)OCC=CS. The van der Waals surface area contributed by atoms with Crippen LogP contribution in [0.1, 0.15) is 39.0 Å². The van der Waals surface area contributed by atoms with Crippen LogP contribution < -0.4 is 0 Å². The zero-order chi connectivity index (χ0) is 9.94. The molecular formula is C10H18O2S. The summed E-state index contributed by atoms with van der Waals surface area (Å²) in [4.78, 5) is 11.0. The van der Waals surface area contributed by atoms with Crippen molar-refractivity contribution in [1.29, 1.82) is 0 Å². The van der Waals surface area contributed by atoms with E-state index in [1.807, 2.05) is 0 Å². The highest BCUT2D eigenvalue weighted by atomic mass is 32.1. The Kier molecular flexibility index (Phi) is 9.32. The molecule has 0 aromatic rings. The molecule has 0 amide bonds. The van der Waals surface area contributed by atoms with E-state index in [1.54, 1.807) is 11.5 Å². The summed E-state index contributed by atoms with van der Waals surface area (Å²) in [7, 11) is 0. The second-order valence-electron chi connectivity index (χ2n) is 2.88. The number of carbonyl (C=O) groups excluding carboxylic acids is 1. The predicted octanol–water partition coefficient (Wildman–Crippen LogP) is 2.94. The molecule has 0 radical (unpaired) electrons. The van der Waals surface area contributed by atoms with Crippen LogP contribution in [0, 0.1) is 0 Å². The molecule has 2 nitrogen and oxygen atoms in total. The average Bonchev–Trinajstić information content (AvgIpc) is 2.13. The van der Waals surface area contributed by atoms with Crippen molar-refractivity contribution in [3.05, 3.63) is 11.5 Å². The summed E-state index contributed by atoms with van der Waals surface area (Å²) in [6.45, 7) is 2.49. The first-order valence-corrected chi connectivity index (χ1v) is 5.27. The number of rotatable bonds is 7. The first-order chi connectivity index (χ1) is 6.31. The van der Waals surface area contributed by atoms with Crippen molar-refractivity contribution in [2.45, 2.75) is 39.0 Å². The first kappa shape index (κ1) is 12.6. The standard InChI is InChI=1S/C10H18O2S/c1-2-3-4-5-7-10(11)12-8-6-9-13/h6,9,13H,2-5,7-8H2,1H3. The fraction of sp³-hybridized carbons (Fsp3) is 0.700. The summed E-state index contributed by atoms with van der Waals surface area (Å²) in [5.41, 5.74) is 0. The van der Waals surface area contributed by atoms with E-state index in [4.69, 9.17) is 4.74 Å². The number of hydrogen-bond acceptors (Lipinski definition) is 3. The van der Waals surface area contributed by atoms with Crippen LogP contribution in [-0.2, 0) is 9.53 Å². The van der Waals surface area contributed by atoms with Gasteiger partial charge in [-0.3, -0.25) is 4.79 Å². The van der Waals surface area contributed by atoms with Crippen molar-refractivity contribution < 1.29 is 9.53 Å². The van der Waals surface area contributed by atoms with E-state index in [0.29, 0.717) is 13.0 Å². The topological polar surface area (TPSA) is 26.3 Å². The summed E-state index contributed by atoms with van der Waals surface area (Å²) in [6, 6.07) is 0. The second-order valence-corrected chi connectivity index (χ2v) is 3.18. The van der Waals surface area contributed by atoms with Gasteiger partial charge in [0.2, 0.25) is 0 Å². The highest BCUT2D eigenvalue weighted by molar-refractivity contribution is 7.83. The average molecular weight is 202 g/mol. The maximum atomic E-state index is 11.0. The molecule has 0 aliphatic carbocycles. The van der Waals surface area contributed by atoms with Gasteiger partial charge in [0.05, 0.1) is 0 Å². The second kappa shape index (κ2) is 9.65. The lowest BCUT2D eigenvalue weighted by Crippen LogP contribution is -2.03. The van der Waals surface area contributed by atoms with Crippen LogP contribution in [0.4, 0.5) is 0 Å². The highest BCUT2D eigenvalue weighted by Crippen LogP contribution is 2.03. The molecule has 0 fully saturated rings. The Balaban J connectivity index is 3.20. The summed E-state index contributed by atoms with van der Waals surface area (Å²) >= 11 is 3.85. The van der Waals surface area contributed by atoms with Gasteiger partial charge in [-0.1, -0.05) is 26.2 Å². The van der Waals surface area contributed by atoms with Gasteiger partial charge < -0.3 is 4.74 Å². The van der Waals surface area contributed by atoms with Crippen LogP contribution in [0.5, 0.6) is 0 Å². The third kappa shape index (κ3) is 9.47. The van der Waals surface area contributed by atoms with Crippen LogP contribution in [0.3, 0.4) is 0 Å². The van der Waals surface area contributed by atoms with Gasteiger partial charge in [0, 0.05) is 6.42 Å². The maximum Gasteiger partial charge on any atom is 0.306 e. The van der Waals surface area contributed by atoms with Gasteiger partial charge >= 0.3 is 5.97 Å². The molecule has 0 atom stereocenters. The molecule has 0 rings (SSSR count). The van der Waals surface area contributed by atoms with Crippen molar-refractivity contribution >= 4 is 18.6 Å². The molecule has 13 heavy (non-hydrogen) atoms. The van der Waals surface area contributed by atoms with E-state index in [0.717, 1.165) is 12.8 Å². The molecule has 0 heterocycles. The predicted molar refractivity (Wildman–Crippen MR) is 57.8 cm³/mol. The van der Waals surface area contributed by atoms with Gasteiger partial charge in [0.15, 0.2) is 0 Å². The number of hydrogen-bond donors (Lipinski definition) is 1. The number of unbranched alkanes of at least 4 members (excludes halogenated alkanes) is 3. The van der Waals surface area contributed by atoms with Gasteiger partial charge in [-0.2, -0.15) is 12.6 Å². The Labute approximate surface area is 85.8 Å². The molecule has 0 bridgehead atoms. The van der Waals surface area contributed by atoms with Crippen molar-refractivity contribution in [2.75, 3.05) is 6.61 Å². The fourth-order valence-corrected chi connectivity index (χ4v) is 1.04. The zero-order valence-corrected chi connectivity index (χ0v) is 9.06. The Bertz CT molecular complexity index is 155. The van der Waals surface area contributed by atoms with Crippen molar-refractivity contribution in [3.8, 4) is 0 Å². The molecule has 76 valence electrons. The van der Waals surface area contributed by atoms with Crippen molar-refractivity contribution in [3.63, 3.8) is 0 Å². The third-order valence-corrected chi connectivity index (χ3v) is 1.89. The Hall–Kier alpha value is -0.440. The molecule has 0 saturated heterocycles. The summed E-state index contributed by atoms with van der Waals surface area (Å²) in [5, 5.41) is 1.57. The maximum absolute atomic E-state index is 11.0. The van der Waals surface area contributed by atoms with Gasteiger partial charge in [0.1, 0.15) is 6.61 Å². The third-order valence-electron chi connectivity index (χ3n) is 1.68. The van der Waals surface area contributed by atoms with Crippen LogP contribution in [0.2, 0.25) is 0 Å². The van der Waals surface area contributed by atoms with E-state index in [1.165, 1.54) is 12.8 Å². The minimum absolute atomic E-state index is 0.109. The normalized spacial score (nSPS) is 10.6. The molecule has 0 aliphatic rings. The lowest BCUT2D eigenvalue weighted by atomic mass is 10.2. The van der Waals surface area contributed by atoms with Gasteiger partial charge in [-0.15, -0.1) is 0 Å². The number of thiol groups is 1. The summed E-state index contributed by atoms with van der Waals surface area (Å²) < 4.78 is 4.89. The van der Waals surface area contributed by atoms with E-state index < -0.39 is 0 Å². The Morgan fingerprint density at radius 1 is 1.38 bits per heavy atom. The molecule has 3 heteroatoms. The van der Waals surface area contributed by atoms with Crippen LogP contribution >= 0.6 is 12.6 Å². The molecule has 0 N–H and O–H groups in total. The van der Waals surface area contributed by atoms with E-state index in [2.05, 4.69) is 19.6 Å². The lowest BCUT2D eigenvalue weighted by Gasteiger charge is -2.00. The van der Waals surface area contributed by atoms with E-state index >= 15 is 0 Å². The minimum Gasteiger partial charge on any atom is -0.461 e. The fourth-order valence-electron chi connectivity index (χ4n) is 0.952. The molecular weight excluding hydrogens is 184 g/mol. The molecule has 0 aliphatic heterocycles. The molecule has 0 aromatic heterocycles. The monoisotopic (exact) mass is 202 g/mol. The molecule has 0 unspecified atom stereocenters. The lowest BCUT2D eigenvalue weighted by molar-refractivity contribution is -0.142.